The predicted octanol–water partition coefficient (Wildman–Crippen LogP) is 5.70. The van der Waals surface area contributed by atoms with Crippen LogP contribution in [-0.4, -0.2) is 24.3 Å². The van der Waals surface area contributed by atoms with Crippen molar-refractivity contribution in [2.24, 2.45) is 0 Å². The van der Waals surface area contributed by atoms with Crippen LogP contribution < -0.4 is 20.5 Å². The second-order valence-corrected chi connectivity index (χ2v) is 8.95. The van der Waals surface area contributed by atoms with E-state index in [2.05, 4.69) is 22.4 Å². The molecule has 2 heterocycles. The summed E-state index contributed by atoms with van der Waals surface area (Å²) < 4.78 is 17.2. The molecule has 0 amide bonds. The number of anilines is 3. The Hall–Kier alpha value is -4.50. The highest BCUT2D eigenvalue weighted by molar-refractivity contribution is 6.32. The molecule has 3 N–H and O–H groups in total. The summed E-state index contributed by atoms with van der Waals surface area (Å²) in [7, 11) is 0. The van der Waals surface area contributed by atoms with Gasteiger partial charge in [0, 0.05) is 29.8 Å². The number of nitrogens with zero attached hydrogens (tertiary/aromatic N) is 3. The lowest BCUT2D eigenvalue weighted by atomic mass is 10.1. The summed E-state index contributed by atoms with van der Waals surface area (Å²) in [5, 5.41) is 23.2. The van der Waals surface area contributed by atoms with Crippen LogP contribution in [0, 0.1) is 22.7 Å². The summed E-state index contributed by atoms with van der Waals surface area (Å²) in [4.78, 5) is 4.43. The number of nitrogens with two attached hydrogens (primary N) is 1. The Morgan fingerprint density at radius 2 is 2.00 bits per heavy atom. The van der Waals surface area contributed by atoms with Crippen LogP contribution in [0.25, 0.3) is 10.9 Å². The van der Waals surface area contributed by atoms with Gasteiger partial charge in [-0.15, -0.1) is 0 Å². The summed E-state index contributed by atoms with van der Waals surface area (Å²) in [6.45, 7) is 1.46. The molecule has 37 heavy (non-hydrogen) atoms. The molecule has 0 spiro atoms. The van der Waals surface area contributed by atoms with E-state index >= 15 is 0 Å². The minimum Gasteiger partial charge on any atom is -0.487 e. The molecule has 1 aliphatic heterocycles. The zero-order valence-electron chi connectivity index (χ0n) is 19.7. The maximum Gasteiger partial charge on any atom is 0.144 e. The van der Waals surface area contributed by atoms with Gasteiger partial charge in [-0.1, -0.05) is 23.7 Å². The fourth-order valence-corrected chi connectivity index (χ4v) is 4.31. The van der Waals surface area contributed by atoms with Crippen molar-refractivity contribution in [3.05, 3.63) is 82.5 Å². The first-order valence-corrected chi connectivity index (χ1v) is 12.0. The van der Waals surface area contributed by atoms with Crippen molar-refractivity contribution in [3.8, 4) is 23.6 Å². The van der Waals surface area contributed by atoms with Gasteiger partial charge in [0.1, 0.15) is 30.3 Å². The molecule has 9 heteroatoms. The molecule has 1 atom stereocenters. The van der Waals surface area contributed by atoms with Gasteiger partial charge in [0.25, 0.3) is 0 Å². The normalized spacial score (nSPS) is 14.6. The van der Waals surface area contributed by atoms with Crippen LogP contribution in [0.3, 0.4) is 0 Å². The molecule has 1 aliphatic rings. The number of hydrogen-bond acceptors (Lipinski definition) is 8. The van der Waals surface area contributed by atoms with Gasteiger partial charge in [0.15, 0.2) is 0 Å². The minimum absolute atomic E-state index is 0.0473. The van der Waals surface area contributed by atoms with Gasteiger partial charge in [0.2, 0.25) is 0 Å². The number of aromatic nitrogens is 1. The van der Waals surface area contributed by atoms with E-state index in [0.29, 0.717) is 68.8 Å². The fraction of sp³-hybridized carbons (Fsp3) is 0.179. The zero-order valence-corrected chi connectivity index (χ0v) is 20.5. The Morgan fingerprint density at radius 1 is 1.11 bits per heavy atom. The van der Waals surface area contributed by atoms with E-state index in [0.717, 1.165) is 12.0 Å². The van der Waals surface area contributed by atoms with E-state index in [9.17, 15) is 5.26 Å². The molecule has 3 aromatic carbocycles. The fourth-order valence-electron chi connectivity index (χ4n) is 4.08. The molecular formula is C28H22ClN5O3. The lowest BCUT2D eigenvalue weighted by Gasteiger charge is -2.17. The third-order valence-corrected chi connectivity index (χ3v) is 6.25. The van der Waals surface area contributed by atoms with Gasteiger partial charge in [-0.3, -0.25) is 4.98 Å². The predicted molar refractivity (Wildman–Crippen MR) is 141 cm³/mol. The Morgan fingerprint density at radius 3 is 2.76 bits per heavy atom. The Bertz CT molecular complexity index is 1550. The molecule has 0 radical (unpaired) electrons. The molecule has 0 bridgehead atoms. The third-order valence-electron chi connectivity index (χ3n) is 5.95. The number of ether oxygens (including phenoxy) is 3. The smallest absolute Gasteiger partial charge is 0.144 e. The highest BCUT2D eigenvalue weighted by atomic mass is 35.5. The van der Waals surface area contributed by atoms with Gasteiger partial charge in [-0.25, -0.2) is 0 Å². The number of nitriles is 2. The Balaban J connectivity index is 1.39. The van der Waals surface area contributed by atoms with E-state index in [1.807, 2.05) is 12.1 Å². The summed E-state index contributed by atoms with van der Waals surface area (Å²) >= 11 is 6.50. The van der Waals surface area contributed by atoms with Gasteiger partial charge < -0.3 is 25.3 Å². The van der Waals surface area contributed by atoms with E-state index in [4.69, 9.17) is 36.8 Å². The minimum atomic E-state index is -0.0473. The average molecular weight is 512 g/mol. The summed E-state index contributed by atoms with van der Waals surface area (Å²) in [5.74, 6) is 1.03. The van der Waals surface area contributed by atoms with E-state index in [-0.39, 0.29) is 12.7 Å². The van der Waals surface area contributed by atoms with Gasteiger partial charge in [-0.05, 0) is 42.0 Å². The van der Waals surface area contributed by atoms with Crippen LogP contribution in [-0.2, 0) is 11.3 Å². The number of hydrogen-bond donors (Lipinski definition) is 2. The molecule has 1 saturated heterocycles. The Kier molecular flexibility index (Phi) is 6.96. The molecule has 1 fully saturated rings. The topological polar surface area (TPSA) is 126 Å². The maximum absolute atomic E-state index is 9.72. The number of benzene rings is 3. The van der Waals surface area contributed by atoms with Crippen LogP contribution in [0.4, 0.5) is 17.1 Å². The number of nitrogens with one attached hydrogen (secondary N) is 1. The lowest BCUT2D eigenvalue weighted by molar-refractivity contribution is 0.142. The van der Waals surface area contributed by atoms with Crippen molar-refractivity contribution in [2.75, 3.05) is 24.3 Å². The van der Waals surface area contributed by atoms with Crippen LogP contribution in [0.2, 0.25) is 5.02 Å². The van der Waals surface area contributed by atoms with Crippen molar-refractivity contribution in [3.63, 3.8) is 0 Å². The molecular weight excluding hydrogens is 490 g/mol. The van der Waals surface area contributed by atoms with Gasteiger partial charge in [-0.2, -0.15) is 10.5 Å². The first kappa shape index (κ1) is 24.2. The molecule has 184 valence electrons. The summed E-state index contributed by atoms with van der Waals surface area (Å²) in [5.41, 5.74) is 10.4. The summed E-state index contributed by atoms with van der Waals surface area (Å²) in [6.07, 6.45) is 2.27. The van der Waals surface area contributed by atoms with E-state index in [1.165, 1.54) is 6.20 Å². The molecule has 8 nitrogen and oxygen atoms in total. The van der Waals surface area contributed by atoms with Crippen LogP contribution in [0.1, 0.15) is 23.1 Å². The second-order valence-electron chi connectivity index (χ2n) is 8.54. The lowest BCUT2D eigenvalue weighted by Crippen LogP contribution is -2.16. The van der Waals surface area contributed by atoms with Crippen molar-refractivity contribution in [1.29, 1.82) is 10.5 Å². The first-order chi connectivity index (χ1) is 18.0. The maximum atomic E-state index is 9.72. The highest BCUT2D eigenvalue weighted by Crippen LogP contribution is 2.37. The molecule has 0 aliphatic carbocycles. The SMILES string of the molecule is N#Cc1cccc(COc2ccc(Nc3c(C#N)cnc4cc(OC5CCOC5)c(N)cc34)cc2Cl)c1. The molecule has 5 rings (SSSR count). The van der Waals surface area contributed by atoms with Crippen molar-refractivity contribution in [1.82, 2.24) is 4.98 Å². The summed E-state index contributed by atoms with van der Waals surface area (Å²) in [6, 6.07) is 20.3. The average Bonchev–Trinajstić information content (AvgIpc) is 3.42. The van der Waals surface area contributed by atoms with Gasteiger partial charge >= 0.3 is 0 Å². The number of fused-ring (bicyclic) bond motifs is 1. The highest BCUT2D eigenvalue weighted by Gasteiger charge is 2.20. The monoisotopic (exact) mass is 511 g/mol. The molecule has 1 aromatic heterocycles. The molecule has 4 aromatic rings. The number of halogens is 1. The molecule has 1 unspecified atom stereocenters. The van der Waals surface area contributed by atoms with Crippen LogP contribution in [0.5, 0.6) is 11.5 Å². The Labute approximate surface area is 218 Å². The third kappa shape index (κ3) is 5.36. The number of nitrogen functional groups attached to an aromatic ring is 1. The zero-order chi connectivity index (χ0) is 25.8. The number of pyridine rings is 1. The van der Waals surface area contributed by atoms with E-state index < -0.39 is 0 Å². The van der Waals surface area contributed by atoms with Crippen LogP contribution in [0.15, 0.2) is 60.8 Å². The number of rotatable bonds is 7. The first-order valence-electron chi connectivity index (χ1n) is 11.6. The van der Waals surface area contributed by atoms with Crippen molar-refractivity contribution >= 4 is 39.6 Å². The van der Waals surface area contributed by atoms with Crippen molar-refractivity contribution in [2.45, 2.75) is 19.1 Å². The standard InChI is InChI=1S/C28H22ClN5O3/c29-23-9-20(4-5-26(23)36-15-18-3-1-2-17(8-18)12-30)34-28-19(13-31)14-33-25-11-27(24(32)10-22(25)28)37-21-6-7-35-16-21/h1-5,8-11,14,21H,6-7,15-16,32H2,(H,33,34). The molecule has 0 saturated carbocycles. The quantitative estimate of drug-likeness (QED) is 0.302. The largest absolute Gasteiger partial charge is 0.487 e. The second kappa shape index (κ2) is 10.6. The van der Waals surface area contributed by atoms with E-state index in [1.54, 1.807) is 42.5 Å². The van der Waals surface area contributed by atoms with Crippen molar-refractivity contribution < 1.29 is 14.2 Å². The van der Waals surface area contributed by atoms with Gasteiger partial charge in [0.05, 0.1) is 52.3 Å². The van der Waals surface area contributed by atoms with Crippen LogP contribution >= 0.6 is 11.6 Å².